The lowest BCUT2D eigenvalue weighted by molar-refractivity contribution is 0.252. The van der Waals surface area contributed by atoms with E-state index in [9.17, 15) is 5.11 Å². The maximum atomic E-state index is 9.71. The van der Waals surface area contributed by atoms with Gasteiger partial charge in [0.25, 0.3) is 0 Å². The zero-order chi connectivity index (χ0) is 19.3. The average molecular weight is 425 g/mol. The summed E-state index contributed by atoms with van der Waals surface area (Å²) in [6.07, 6.45) is 6.12. The molecule has 3 rings (SSSR count). The first-order valence-corrected chi connectivity index (χ1v) is 10.9. The summed E-state index contributed by atoms with van der Waals surface area (Å²) in [5.74, 6) is 7.10. The standard InChI is InChI=1S/C25H29BrO/c1-3-4-20-5-7-21(8-6-20)22-14-17-25(18-15-22,16-13-19(2)27)23-9-11-24(26)12-10-23/h5-12,19,22,27H,3-4,14-15,17-18H2,1-2H3. The second-order valence-electron chi connectivity index (χ2n) is 7.80. The molecule has 0 heterocycles. The lowest BCUT2D eigenvalue weighted by Gasteiger charge is -2.37. The maximum Gasteiger partial charge on any atom is 0.112 e. The first-order valence-electron chi connectivity index (χ1n) is 10.1. The van der Waals surface area contributed by atoms with Crippen molar-refractivity contribution in [3.05, 3.63) is 69.7 Å². The van der Waals surface area contributed by atoms with Crippen LogP contribution in [0.5, 0.6) is 0 Å². The van der Waals surface area contributed by atoms with E-state index in [0.717, 1.165) is 36.6 Å². The van der Waals surface area contributed by atoms with Crippen molar-refractivity contribution in [1.82, 2.24) is 0 Å². The summed E-state index contributed by atoms with van der Waals surface area (Å²) >= 11 is 3.53. The van der Waals surface area contributed by atoms with Crippen LogP contribution in [-0.2, 0) is 11.8 Å². The summed E-state index contributed by atoms with van der Waals surface area (Å²) in [4.78, 5) is 0. The fourth-order valence-corrected chi connectivity index (χ4v) is 4.45. The lowest BCUT2D eigenvalue weighted by Crippen LogP contribution is -2.30. The molecule has 0 amide bonds. The fourth-order valence-electron chi connectivity index (χ4n) is 4.19. The highest BCUT2D eigenvalue weighted by Crippen LogP contribution is 2.45. The van der Waals surface area contributed by atoms with E-state index in [1.807, 2.05) is 0 Å². The summed E-state index contributed by atoms with van der Waals surface area (Å²) < 4.78 is 1.09. The van der Waals surface area contributed by atoms with Crippen molar-refractivity contribution in [3.8, 4) is 11.8 Å². The number of aliphatic hydroxyl groups is 1. The molecule has 0 bridgehead atoms. The molecule has 142 valence electrons. The van der Waals surface area contributed by atoms with E-state index in [0.29, 0.717) is 5.92 Å². The van der Waals surface area contributed by atoms with Gasteiger partial charge in [-0.15, -0.1) is 0 Å². The molecular formula is C25H29BrO. The quantitative estimate of drug-likeness (QED) is 0.564. The van der Waals surface area contributed by atoms with Crippen LogP contribution in [0.25, 0.3) is 0 Å². The topological polar surface area (TPSA) is 20.2 Å². The Labute approximate surface area is 172 Å². The van der Waals surface area contributed by atoms with Crippen LogP contribution >= 0.6 is 15.9 Å². The van der Waals surface area contributed by atoms with E-state index in [1.165, 1.54) is 23.1 Å². The van der Waals surface area contributed by atoms with Crippen molar-refractivity contribution in [1.29, 1.82) is 0 Å². The van der Waals surface area contributed by atoms with E-state index in [2.05, 4.69) is 83.2 Å². The molecule has 1 N–H and O–H groups in total. The number of hydrogen-bond donors (Lipinski definition) is 1. The zero-order valence-corrected chi connectivity index (χ0v) is 17.9. The minimum Gasteiger partial charge on any atom is -0.381 e. The Balaban J connectivity index is 1.79. The minimum absolute atomic E-state index is 0.143. The summed E-state index contributed by atoms with van der Waals surface area (Å²) in [6.45, 7) is 3.97. The van der Waals surface area contributed by atoms with Gasteiger partial charge in [0.15, 0.2) is 0 Å². The predicted octanol–water partition coefficient (Wildman–Crippen LogP) is 6.38. The number of halogens is 1. The minimum atomic E-state index is -0.582. The molecule has 0 spiro atoms. The van der Waals surface area contributed by atoms with Crippen LogP contribution in [0.3, 0.4) is 0 Å². The average Bonchev–Trinajstić information content (AvgIpc) is 2.68. The molecule has 1 atom stereocenters. The summed E-state index contributed by atoms with van der Waals surface area (Å²) in [7, 11) is 0. The first kappa shape index (κ1) is 20.2. The van der Waals surface area contributed by atoms with Gasteiger partial charge in [-0.2, -0.15) is 0 Å². The van der Waals surface area contributed by atoms with Crippen molar-refractivity contribution in [2.75, 3.05) is 0 Å². The molecule has 1 saturated carbocycles. The fraction of sp³-hybridized carbons (Fsp3) is 0.440. The van der Waals surface area contributed by atoms with Gasteiger partial charge in [-0.1, -0.05) is 77.5 Å². The molecule has 0 aromatic heterocycles. The number of aryl methyl sites for hydroxylation is 1. The maximum absolute atomic E-state index is 9.71. The Morgan fingerprint density at radius 2 is 1.70 bits per heavy atom. The molecule has 1 fully saturated rings. The van der Waals surface area contributed by atoms with Crippen LogP contribution in [0.4, 0.5) is 0 Å². The normalized spacial score (nSPS) is 23.3. The van der Waals surface area contributed by atoms with Gasteiger partial charge in [0.2, 0.25) is 0 Å². The highest BCUT2D eigenvalue weighted by Gasteiger charge is 2.36. The van der Waals surface area contributed by atoms with Gasteiger partial charge in [0.1, 0.15) is 6.10 Å². The Hall–Kier alpha value is -1.56. The first-order chi connectivity index (χ1) is 13.0. The number of benzene rings is 2. The van der Waals surface area contributed by atoms with E-state index < -0.39 is 6.10 Å². The molecule has 2 aromatic rings. The van der Waals surface area contributed by atoms with Crippen molar-refractivity contribution in [2.45, 2.75) is 69.8 Å². The highest BCUT2D eigenvalue weighted by molar-refractivity contribution is 9.10. The molecule has 2 aromatic carbocycles. The van der Waals surface area contributed by atoms with E-state index in [-0.39, 0.29) is 5.41 Å². The van der Waals surface area contributed by atoms with Crippen LogP contribution in [0.2, 0.25) is 0 Å². The second-order valence-corrected chi connectivity index (χ2v) is 8.72. The van der Waals surface area contributed by atoms with E-state index in [4.69, 9.17) is 0 Å². The third-order valence-corrected chi connectivity index (χ3v) is 6.27. The largest absolute Gasteiger partial charge is 0.381 e. The van der Waals surface area contributed by atoms with Crippen molar-refractivity contribution < 1.29 is 5.11 Å². The van der Waals surface area contributed by atoms with Crippen LogP contribution in [0, 0.1) is 11.8 Å². The molecule has 2 heteroatoms. The van der Waals surface area contributed by atoms with Gasteiger partial charge in [-0.25, -0.2) is 0 Å². The number of hydrogen-bond acceptors (Lipinski definition) is 1. The van der Waals surface area contributed by atoms with Crippen molar-refractivity contribution in [3.63, 3.8) is 0 Å². The Bertz CT molecular complexity index is 785. The molecule has 1 unspecified atom stereocenters. The highest BCUT2D eigenvalue weighted by atomic mass is 79.9. The molecule has 1 nitrogen and oxygen atoms in total. The van der Waals surface area contributed by atoms with Gasteiger partial charge in [-0.3, -0.25) is 0 Å². The van der Waals surface area contributed by atoms with E-state index >= 15 is 0 Å². The van der Waals surface area contributed by atoms with Gasteiger partial charge in [0, 0.05) is 4.47 Å². The van der Waals surface area contributed by atoms with Crippen molar-refractivity contribution in [2.24, 2.45) is 0 Å². The Morgan fingerprint density at radius 3 is 2.26 bits per heavy atom. The number of aliphatic hydroxyl groups excluding tert-OH is 1. The summed E-state index contributed by atoms with van der Waals surface area (Å²) in [6, 6.07) is 17.8. The predicted molar refractivity (Wildman–Crippen MR) is 117 cm³/mol. The van der Waals surface area contributed by atoms with Gasteiger partial charge in [-0.05, 0) is 73.8 Å². The summed E-state index contributed by atoms with van der Waals surface area (Å²) in [5.41, 5.74) is 4.03. The molecule has 0 aliphatic heterocycles. The number of rotatable bonds is 4. The second kappa shape index (κ2) is 9.09. The summed E-state index contributed by atoms with van der Waals surface area (Å²) in [5, 5.41) is 9.71. The molecular weight excluding hydrogens is 396 g/mol. The van der Waals surface area contributed by atoms with Crippen LogP contribution in [-0.4, -0.2) is 11.2 Å². The molecule has 27 heavy (non-hydrogen) atoms. The Kier molecular flexibility index (Phi) is 6.79. The van der Waals surface area contributed by atoms with Crippen molar-refractivity contribution >= 4 is 15.9 Å². The molecule has 0 saturated heterocycles. The van der Waals surface area contributed by atoms with Crippen LogP contribution < -0.4 is 0 Å². The zero-order valence-electron chi connectivity index (χ0n) is 16.3. The van der Waals surface area contributed by atoms with Crippen LogP contribution in [0.1, 0.15) is 68.6 Å². The lowest BCUT2D eigenvalue weighted by atomic mass is 9.66. The third kappa shape index (κ3) is 5.03. The van der Waals surface area contributed by atoms with Gasteiger partial charge >= 0.3 is 0 Å². The smallest absolute Gasteiger partial charge is 0.112 e. The molecule has 1 aliphatic rings. The van der Waals surface area contributed by atoms with E-state index in [1.54, 1.807) is 6.92 Å². The molecule has 1 aliphatic carbocycles. The molecule has 0 radical (unpaired) electrons. The van der Waals surface area contributed by atoms with Gasteiger partial charge < -0.3 is 5.11 Å². The third-order valence-electron chi connectivity index (χ3n) is 5.75. The SMILES string of the molecule is CCCc1ccc(C2CCC(C#CC(C)O)(c3ccc(Br)cc3)CC2)cc1. The van der Waals surface area contributed by atoms with Gasteiger partial charge in [0.05, 0.1) is 5.41 Å². The van der Waals surface area contributed by atoms with Crippen LogP contribution in [0.15, 0.2) is 53.0 Å². The Morgan fingerprint density at radius 1 is 1.07 bits per heavy atom. The monoisotopic (exact) mass is 424 g/mol.